The number of nitrogens with one attached hydrogen (secondary N) is 2. The molecule has 0 aliphatic carbocycles. The highest BCUT2D eigenvalue weighted by Crippen LogP contribution is 2.24. The van der Waals surface area contributed by atoms with Crippen molar-refractivity contribution in [2.75, 3.05) is 17.1 Å². The number of rotatable bonds is 4. The van der Waals surface area contributed by atoms with Crippen LogP contribution in [0.2, 0.25) is 0 Å². The van der Waals surface area contributed by atoms with Crippen LogP contribution in [0.1, 0.15) is 0 Å². The molecule has 6 nitrogen and oxygen atoms in total. The molecular formula is C11H11BrN4O2S. The summed E-state index contributed by atoms with van der Waals surface area (Å²) in [5.41, 5.74) is 0. The SMILES string of the molecule is CNc1ncc(Br)cc1S(=O)(=O)Nc1ccccn1. The molecule has 2 rings (SSSR count). The number of hydrogen-bond acceptors (Lipinski definition) is 5. The topological polar surface area (TPSA) is 84.0 Å². The number of hydrogen-bond donors (Lipinski definition) is 2. The number of aromatic nitrogens is 2. The fourth-order valence-electron chi connectivity index (χ4n) is 1.43. The predicted octanol–water partition coefficient (Wildman–Crippen LogP) is 2.08. The second-order valence-corrected chi connectivity index (χ2v) is 6.14. The first-order chi connectivity index (χ1) is 9.03. The van der Waals surface area contributed by atoms with Gasteiger partial charge in [-0.2, -0.15) is 0 Å². The zero-order chi connectivity index (χ0) is 13.9. The molecule has 0 unspecified atom stereocenters. The van der Waals surface area contributed by atoms with Gasteiger partial charge < -0.3 is 5.32 Å². The van der Waals surface area contributed by atoms with Crippen LogP contribution in [0.3, 0.4) is 0 Å². The summed E-state index contributed by atoms with van der Waals surface area (Å²) in [6, 6.07) is 6.45. The maximum Gasteiger partial charge on any atom is 0.266 e. The highest BCUT2D eigenvalue weighted by atomic mass is 79.9. The van der Waals surface area contributed by atoms with Gasteiger partial charge in [0.25, 0.3) is 10.0 Å². The average molecular weight is 343 g/mol. The Labute approximate surface area is 119 Å². The molecule has 0 spiro atoms. The Morgan fingerprint density at radius 2 is 2.05 bits per heavy atom. The minimum Gasteiger partial charge on any atom is -0.372 e. The van der Waals surface area contributed by atoms with E-state index in [1.165, 1.54) is 18.5 Å². The van der Waals surface area contributed by atoms with E-state index in [0.29, 0.717) is 4.47 Å². The number of nitrogens with zero attached hydrogens (tertiary/aromatic N) is 2. The predicted molar refractivity (Wildman–Crippen MR) is 76.5 cm³/mol. The number of anilines is 2. The molecule has 0 bridgehead atoms. The minimum atomic E-state index is -3.75. The smallest absolute Gasteiger partial charge is 0.266 e. The third kappa shape index (κ3) is 3.21. The van der Waals surface area contributed by atoms with Gasteiger partial charge in [-0.1, -0.05) is 6.07 Å². The van der Waals surface area contributed by atoms with Crippen molar-refractivity contribution in [3.8, 4) is 0 Å². The Hall–Kier alpha value is -1.67. The third-order valence-electron chi connectivity index (χ3n) is 2.25. The maximum absolute atomic E-state index is 12.3. The van der Waals surface area contributed by atoms with Crippen molar-refractivity contribution in [3.63, 3.8) is 0 Å². The molecule has 0 amide bonds. The molecule has 0 fully saturated rings. The molecule has 2 aromatic rings. The molecule has 0 aliphatic rings. The summed E-state index contributed by atoms with van der Waals surface area (Å²) in [5, 5.41) is 2.74. The quantitative estimate of drug-likeness (QED) is 0.888. The van der Waals surface area contributed by atoms with Crippen LogP contribution in [0.5, 0.6) is 0 Å². The summed E-state index contributed by atoms with van der Waals surface area (Å²) < 4.78 is 27.5. The zero-order valence-corrected chi connectivity index (χ0v) is 12.4. The van der Waals surface area contributed by atoms with E-state index < -0.39 is 10.0 Å². The summed E-state index contributed by atoms with van der Waals surface area (Å²) in [6.45, 7) is 0. The molecule has 2 aromatic heterocycles. The summed E-state index contributed by atoms with van der Waals surface area (Å²) >= 11 is 3.21. The monoisotopic (exact) mass is 342 g/mol. The van der Waals surface area contributed by atoms with Crippen LogP contribution in [0.4, 0.5) is 11.6 Å². The van der Waals surface area contributed by atoms with Crippen molar-refractivity contribution in [1.29, 1.82) is 0 Å². The van der Waals surface area contributed by atoms with E-state index in [9.17, 15) is 8.42 Å². The van der Waals surface area contributed by atoms with Crippen LogP contribution in [0, 0.1) is 0 Å². The summed E-state index contributed by atoms with van der Waals surface area (Å²) in [5.74, 6) is 0.524. The van der Waals surface area contributed by atoms with E-state index in [0.717, 1.165) is 0 Å². The van der Waals surface area contributed by atoms with Crippen molar-refractivity contribution in [2.45, 2.75) is 4.90 Å². The lowest BCUT2D eigenvalue weighted by molar-refractivity contribution is 0.601. The van der Waals surface area contributed by atoms with E-state index in [1.807, 2.05) is 0 Å². The molecule has 0 radical (unpaired) electrons. The first-order valence-electron chi connectivity index (χ1n) is 5.30. The molecule has 2 N–H and O–H groups in total. The van der Waals surface area contributed by atoms with Crippen molar-refractivity contribution in [3.05, 3.63) is 41.1 Å². The molecule has 0 atom stereocenters. The van der Waals surface area contributed by atoms with Gasteiger partial charge in [0.2, 0.25) is 0 Å². The first-order valence-corrected chi connectivity index (χ1v) is 7.58. The van der Waals surface area contributed by atoms with Crippen LogP contribution >= 0.6 is 15.9 Å². The number of sulfonamides is 1. The van der Waals surface area contributed by atoms with Gasteiger partial charge in [0.15, 0.2) is 0 Å². The summed E-state index contributed by atoms with van der Waals surface area (Å²) in [7, 11) is -2.14. The van der Waals surface area contributed by atoms with Gasteiger partial charge in [-0.3, -0.25) is 4.72 Å². The second-order valence-electron chi connectivity index (χ2n) is 3.57. The van der Waals surface area contributed by atoms with E-state index in [1.54, 1.807) is 25.2 Å². The van der Waals surface area contributed by atoms with Crippen LogP contribution in [0.25, 0.3) is 0 Å². The highest BCUT2D eigenvalue weighted by molar-refractivity contribution is 9.10. The Balaban J connectivity index is 2.42. The Morgan fingerprint density at radius 3 is 2.68 bits per heavy atom. The summed E-state index contributed by atoms with van der Waals surface area (Å²) in [6.07, 6.45) is 3.03. The van der Waals surface area contributed by atoms with E-state index in [2.05, 4.69) is 35.9 Å². The Bertz CT molecular complexity index is 676. The van der Waals surface area contributed by atoms with Crippen LogP contribution in [-0.2, 0) is 10.0 Å². The highest BCUT2D eigenvalue weighted by Gasteiger charge is 2.20. The summed E-state index contributed by atoms with van der Waals surface area (Å²) in [4.78, 5) is 7.98. The van der Waals surface area contributed by atoms with E-state index in [4.69, 9.17) is 0 Å². The molecule has 0 aliphatic heterocycles. The minimum absolute atomic E-state index is 0.0510. The fraction of sp³-hybridized carbons (Fsp3) is 0.0909. The molecule has 0 saturated heterocycles. The van der Waals surface area contributed by atoms with Crippen molar-refractivity contribution >= 4 is 37.6 Å². The zero-order valence-electron chi connectivity index (χ0n) is 9.96. The van der Waals surface area contributed by atoms with E-state index in [-0.39, 0.29) is 16.5 Å². The first kappa shape index (κ1) is 13.8. The van der Waals surface area contributed by atoms with Crippen molar-refractivity contribution in [2.24, 2.45) is 0 Å². The molecule has 2 heterocycles. The average Bonchev–Trinajstić information content (AvgIpc) is 2.39. The number of pyridine rings is 2. The van der Waals surface area contributed by atoms with Crippen molar-refractivity contribution in [1.82, 2.24) is 9.97 Å². The largest absolute Gasteiger partial charge is 0.372 e. The van der Waals surface area contributed by atoms with E-state index >= 15 is 0 Å². The van der Waals surface area contributed by atoms with Gasteiger partial charge in [-0.05, 0) is 34.1 Å². The van der Waals surface area contributed by atoms with Crippen LogP contribution < -0.4 is 10.0 Å². The fourth-order valence-corrected chi connectivity index (χ4v) is 3.11. The lowest BCUT2D eigenvalue weighted by Gasteiger charge is -2.10. The van der Waals surface area contributed by atoms with Gasteiger partial charge in [0.05, 0.1) is 0 Å². The lowest BCUT2D eigenvalue weighted by Crippen LogP contribution is -2.16. The van der Waals surface area contributed by atoms with Gasteiger partial charge >= 0.3 is 0 Å². The Morgan fingerprint density at radius 1 is 1.26 bits per heavy atom. The number of halogens is 1. The molecular weight excluding hydrogens is 332 g/mol. The van der Waals surface area contributed by atoms with Crippen molar-refractivity contribution < 1.29 is 8.42 Å². The Kier molecular flexibility index (Phi) is 4.01. The van der Waals surface area contributed by atoms with Crippen LogP contribution in [-0.4, -0.2) is 25.4 Å². The molecule has 0 aromatic carbocycles. The molecule has 0 saturated carbocycles. The third-order valence-corrected chi connectivity index (χ3v) is 4.05. The van der Waals surface area contributed by atoms with Gasteiger partial charge in [-0.25, -0.2) is 18.4 Å². The van der Waals surface area contributed by atoms with Crippen LogP contribution in [0.15, 0.2) is 46.0 Å². The molecule has 19 heavy (non-hydrogen) atoms. The molecule has 8 heteroatoms. The van der Waals surface area contributed by atoms with Gasteiger partial charge in [0, 0.05) is 23.9 Å². The maximum atomic E-state index is 12.3. The second kappa shape index (κ2) is 5.54. The normalized spacial score (nSPS) is 11.1. The van der Waals surface area contributed by atoms with Gasteiger partial charge in [-0.15, -0.1) is 0 Å². The lowest BCUT2D eigenvalue weighted by atomic mass is 10.4. The standard InChI is InChI=1S/C11H11BrN4O2S/c1-13-11-9(6-8(12)7-15-11)19(17,18)16-10-4-2-3-5-14-10/h2-7H,1H3,(H,13,15)(H,14,16). The molecule has 100 valence electrons. The van der Waals surface area contributed by atoms with Gasteiger partial charge in [0.1, 0.15) is 16.5 Å².